The molecular weight excluding hydrogens is 316 g/mol. The third-order valence-electron chi connectivity index (χ3n) is 3.84. The van der Waals surface area contributed by atoms with Crippen molar-refractivity contribution in [2.75, 3.05) is 0 Å². The molecule has 0 spiro atoms. The molecule has 0 amide bonds. The third kappa shape index (κ3) is 6.42. The second kappa shape index (κ2) is 10.3. The Morgan fingerprint density at radius 1 is 0.760 bits per heavy atom. The predicted molar refractivity (Wildman–Crippen MR) is 96.4 cm³/mol. The largest absolute Gasteiger partial charge is 0.426 e. The van der Waals surface area contributed by atoms with Gasteiger partial charge in [0, 0.05) is 0 Å². The van der Waals surface area contributed by atoms with E-state index < -0.39 is 17.9 Å². The van der Waals surface area contributed by atoms with Crippen LogP contribution in [0.5, 0.6) is 11.5 Å². The van der Waals surface area contributed by atoms with E-state index >= 15 is 0 Å². The van der Waals surface area contributed by atoms with Crippen LogP contribution < -0.4 is 9.47 Å². The third-order valence-corrected chi connectivity index (χ3v) is 3.84. The summed E-state index contributed by atoms with van der Waals surface area (Å²) >= 11 is 0. The van der Waals surface area contributed by atoms with Crippen LogP contribution in [0.4, 0.5) is 0 Å². The molecule has 0 unspecified atom stereocenters. The van der Waals surface area contributed by atoms with E-state index in [-0.39, 0.29) is 0 Å². The maximum absolute atomic E-state index is 12.5. The van der Waals surface area contributed by atoms with Crippen molar-refractivity contribution in [2.24, 2.45) is 5.92 Å². The minimum Gasteiger partial charge on any atom is -0.426 e. The van der Waals surface area contributed by atoms with Gasteiger partial charge in [-0.1, -0.05) is 69.0 Å². The van der Waals surface area contributed by atoms with Crippen molar-refractivity contribution in [1.82, 2.24) is 0 Å². The number of benzene rings is 2. The minimum absolute atomic E-state index is 0.428. The van der Waals surface area contributed by atoms with Gasteiger partial charge >= 0.3 is 11.9 Å². The fourth-order valence-electron chi connectivity index (χ4n) is 2.46. The van der Waals surface area contributed by atoms with Crippen LogP contribution in [0.1, 0.15) is 39.0 Å². The quantitative estimate of drug-likeness (QED) is 0.285. The second-order valence-electron chi connectivity index (χ2n) is 5.87. The van der Waals surface area contributed by atoms with Crippen molar-refractivity contribution < 1.29 is 19.1 Å². The van der Waals surface area contributed by atoms with Gasteiger partial charge in [-0.15, -0.1) is 0 Å². The van der Waals surface area contributed by atoms with Gasteiger partial charge in [0.05, 0.1) is 0 Å². The first-order chi connectivity index (χ1) is 12.2. The van der Waals surface area contributed by atoms with E-state index in [4.69, 9.17) is 9.47 Å². The summed E-state index contributed by atoms with van der Waals surface area (Å²) in [7, 11) is 0. The van der Waals surface area contributed by atoms with Crippen LogP contribution in [0.25, 0.3) is 0 Å². The first kappa shape index (κ1) is 18.7. The van der Waals surface area contributed by atoms with E-state index in [0.717, 1.165) is 25.7 Å². The molecule has 2 aromatic rings. The smallest absolute Gasteiger partial charge is 0.325 e. The van der Waals surface area contributed by atoms with Crippen LogP contribution in [-0.2, 0) is 9.59 Å². The Labute approximate surface area is 148 Å². The number of esters is 2. The Balaban J connectivity index is 2.02. The number of hydrogen-bond donors (Lipinski definition) is 0. The SMILES string of the molecule is CCCCCCC(C(=O)Oc1ccccc1)C(=O)Oc1ccccc1. The zero-order chi connectivity index (χ0) is 17.9. The van der Waals surface area contributed by atoms with Gasteiger partial charge in [-0.25, -0.2) is 0 Å². The van der Waals surface area contributed by atoms with Crippen molar-refractivity contribution in [2.45, 2.75) is 39.0 Å². The van der Waals surface area contributed by atoms with E-state index in [9.17, 15) is 9.59 Å². The van der Waals surface area contributed by atoms with Crippen molar-refractivity contribution in [3.8, 4) is 11.5 Å². The van der Waals surface area contributed by atoms with E-state index in [1.54, 1.807) is 48.5 Å². The topological polar surface area (TPSA) is 52.6 Å². The van der Waals surface area contributed by atoms with Gasteiger partial charge in [0.2, 0.25) is 0 Å². The molecule has 25 heavy (non-hydrogen) atoms. The standard InChI is InChI=1S/C21H24O4/c1-2-3-4-11-16-19(20(22)24-17-12-7-5-8-13-17)21(23)25-18-14-9-6-10-15-18/h5-10,12-15,19H,2-4,11,16H2,1H3. The lowest BCUT2D eigenvalue weighted by atomic mass is 10.0. The molecule has 132 valence electrons. The summed E-state index contributed by atoms with van der Waals surface area (Å²) in [6, 6.07) is 17.5. The van der Waals surface area contributed by atoms with E-state index in [1.165, 1.54) is 0 Å². The number of ether oxygens (including phenoxy) is 2. The Morgan fingerprint density at radius 2 is 1.24 bits per heavy atom. The molecule has 0 N–H and O–H groups in total. The van der Waals surface area contributed by atoms with Crippen LogP contribution in [0.2, 0.25) is 0 Å². The van der Waals surface area contributed by atoms with Crippen molar-refractivity contribution in [1.29, 1.82) is 0 Å². The monoisotopic (exact) mass is 340 g/mol. The van der Waals surface area contributed by atoms with Gasteiger partial charge in [-0.05, 0) is 30.7 Å². The lowest BCUT2D eigenvalue weighted by molar-refractivity contribution is -0.151. The Morgan fingerprint density at radius 3 is 1.68 bits per heavy atom. The molecule has 4 nitrogen and oxygen atoms in total. The molecular formula is C21H24O4. The molecule has 2 aromatic carbocycles. The molecule has 0 radical (unpaired) electrons. The molecule has 0 fully saturated rings. The molecule has 0 aliphatic rings. The average molecular weight is 340 g/mol. The zero-order valence-corrected chi connectivity index (χ0v) is 14.5. The summed E-state index contributed by atoms with van der Waals surface area (Å²) in [6.07, 6.45) is 4.36. The summed E-state index contributed by atoms with van der Waals surface area (Å²) < 4.78 is 10.7. The average Bonchev–Trinajstić information content (AvgIpc) is 2.63. The van der Waals surface area contributed by atoms with Gasteiger partial charge in [-0.2, -0.15) is 0 Å². The van der Waals surface area contributed by atoms with Crippen LogP contribution in [0.3, 0.4) is 0 Å². The van der Waals surface area contributed by atoms with Gasteiger partial charge in [0.25, 0.3) is 0 Å². The zero-order valence-electron chi connectivity index (χ0n) is 14.5. The number of unbranched alkanes of at least 4 members (excludes halogenated alkanes) is 3. The molecule has 0 aromatic heterocycles. The highest BCUT2D eigenvalue weighted by atomic mass is 16.6. The first-order valence-electron chi connectivity index (χ1n) is 8.74. The van der Waals surface area contributed by atoms with Crippen LogP contribution >= 0.6 is 0 Å². The number of para-hydroxylation sites is 2. The summed E-state index contributed by atoms with van der Waals surface area (Å²) in [5, 5.41) is 0. The lowest BCUT2D eigenvalue weighted by Gasteiger charge is -2.15. The van der Waals surface area contributed by atoms with Crippen LogP contribution in [0, 0.1) is 5.92 Å². The highest BCUT2D eigenvalue weighted by Gasteiger charge is 2.30. The predicted octanol–water partition coefficient (Wildman–Crippen LogP) is 4.78. The normalized spacial score (nSPS) is 10.5. The maximum Gasteiger partial charge on any atom is 0.325 e. The highest BCUT2D eigenvalue weighted by molar-refractivity contribution is 5.96. The summed E-state index contributed by atoms with van der Waals surface area (Å²) in [4.78, 5) is 25.0. The minimum atomic E-state index is -0.919. The van der Waals surface area contributed by atoms with E-state index in [0.29, 0.717) is 17.9 Å². The number of rotatable bonds is 9. The molecule has 0 saturated carbocycles. The Kier molecular flexibility index (Phi) is 7.70. The molecule has 0 atom stereocenters. The molecule has 0 saturated heterocycles. The van der Waals surface area contributed by atoms with Gasteiger partial charge < -0.3 is 9.47 Å². The van der Waals surface area contributed by atoms with Gasteiger partial charge in [-0.3, -0.25) is 9.59 Å². The molecule has 0 aliphatic carbocycles. The maximum atomic E-state index is 12.5. The molecule has 4 heteroatoms. The first-order valence-corrected chi connectivity index (χ1v) is 8.74. The lowest BCUT2D eigenvalue weighted by Crippen LogP contribution is -2.31. The molecule has 0 heterocycles. The number of carbonyl (C=O) groups excluding carboxylic acids is 2. The summed E-state index contributed by atoms with van der Waals surface area (Å²) in [5.41, 5.74) is 0. The van der Waals surface area contributed by atoms with E-state index in [2.05, 4.69) is 6.92 Å². The van der Waals surface area contributed by atoms with Crippen LogP contribution in [-0.4, -0.2) is 11.9 Å². The number of hydrogen-bond acceptors (Lipinski definition) is 4. The van der Waals surface area contributed by atoms with Crippen molar-refractivity contribution in [3.63, 3.8) is 0 Å². The Hall–Kier alpha value is -2.62. The molecule has 0 aliphatic heterocycles. The van der Waals surface area contributed by atoms with Crippen molar-refractivity contribution in [3.05, 3.63) is 60.7 Å². The number of carbonyl (C=O) groups is 2. The Bertz CT molecular complexity index is 599. The molecule has 0 bridgehead atoms. The molecule has 2 rings (SSSR count). The fourth-order valence-corrected chi connectivity index (χ4v) is 2.46. The van der Waals surface area contributed by atoms with Crippen LogP contribution in [0.15, 0.2) is 60.7 Å². The summed E-state index contributed by atoms with van der Waals surface area (Å²) in [5.74, 6) is -1.19. The van der Waals surface area contributed by atoms with E-state index in [1.807, 2.05) is 12.1 Å². The van der Waals surface area contributed by atoms with Gasteiger partial charge in [0.15, 0.2) is 5.92 Å². The summed E-state index contributed by atoms with van der Waals surface area (Å²) in [6.45, 7) is 2.12. The van der Waals surface area contributed by atoms with Crippen molar-refractivity contribution >= 4 is 11.9 Å². The van der Waals surface area contributed by atoms with Gasteiger partial charge in [0.1, 0.15) is 11.5 Å². The highest BCUT2D eigenvalue weighted by Crippen LogP contribution is 2.19. The fraction of sp³-hybridized carbons (Fsp3) is 0.333. The second-order valence-corrected chi connectivity index (χ2v) is 5.87.